The summed E-state index contributed by atoms with van der Waals surface area (Å²) in [5, 5.41) is 0. The zero-order valence-electron chi connectivity index (χ0n) is 8.91. The maximum absolute atomic E-state index is 11.3. The molecule has 0 spiro atoms. The minimum Gasteiger partial charge on any atom is -0.494 e. The molecule has 0 saturated carbocycles. The molecule has 4 nitrogen and oxygen atoms in total. The Morgan fingerprint density at radius 1 is 1.53 bits per heavy atom. The lowest BCUT2D eigenvalue weighted by Gasteiger charge is -2.03. The Kier molecular flexibility index (Phi) is 2.54. The average Bonchev–Trinajstić information content (AvgIpc) is 2.52. The van der Waals surface area contributed by atoms with E-state index < -0.39 is 0 Å². The van der Waals surface area contributed by atoms with Crippen molar-refractivity contribution in [1.29, 1.82) is 0 Å². The number of hydrogen-bond donors (Lipinski definition) is 1. The van der Waals surface area contributed by atoms with Crippen LogP contribution in [-0.4, -0.2) is 24.0 Å². The van der Waals surface area contributed by atoms with E-state index in [9.17, 15) is 4.79 Å². The van der Waals surface area contributed by atoms with Crippen LogP contribution in [0.3, 0.4) is 0 Å². The maximum atomic E-state index is 11.3. The third-order valence-corrected chi connectivity index (χ3v) is 2.35. The number of benzene rings is 1. The van der Waals surface area contributed by atoms with Crippen molar-refractivity contribution >= 4 is 18.9 Å². The Hall–Kier alpha value is -1.65. The molecule has 1 N–H and O–H groups in total. The highest BCUT2D eigenvalue weighted by atomic mass is 16.5. The van der Waals surface area contributed by atoms with E-state index in [1.807, 2.05) is 18.2 Å². The summed E-state index contributed by atoms with van der Waals surface area (Å²) in [6.07, 6.45) is 0.976. The van der Waals surface area contributed by atoms with E-state index >= 15 is 0 Å². The molecule has 0 amide bonds. The van der Waals surface area contributed by atoms with Crippen LogP contribution in [0.15, 0.2) is 23.0 Å². The Morgan fingerprint density at radius 3 is 3.07 bits per heavy atom. The Morgan fingerprint density at radius 2 is 2.33 bits per heavy atom. The molecule has 1 heterocycles. The van der Waals surface area contributed by atoms with Crippen molar-refractivity contribution in [1.82, 2.24) is 9.55 Å². The zero-order valence-corrected chi connectivity index (χ0v) is 8.91. The number of fused-ring (bicyclic) bond motifs is 1. The van der Waals surface area contributed by atoms with Gasteiger partial charge in [0.1, 0.15) is 13.6 Å². The largest absolute Gasteiger partial charge is 0.494 e. The Bertz CT molecular complexity index is 530. The predicted octanol–water partition coefficient (Wildman–Crippen LogP) is 0.297. The molecule has 0 unspecified atom stereocenters. The van der Waals surface area contributed by atoms with Gasteiger partial charge in [-0.15, -0.1) is 0 Å². The molecule has 0 bridgehead atoms. The molecule has 1 aromatic heterocycles. The van der Waals surface area contributed by atoms with Gasteiger partial charge in [-0.25, -0.2) is 4.79 Å². The topological polar surface area (TPSA) is 47.0 Å². The van der Waals surface area contributed by atoms with Crippen molar-refractivity contribution in [2.24, 2.45) is 7.05 Å². The summed E-state index contributed by atoms with van der Waals surface area (Å²) in [6.45, 7) is 0.697. The number of ether oxygens (including phenoxy) is 1. The average molecular weight is 204 g/mol. The van der Waals surface area contributed by atoms with Gasteiger partial charge in [0.15, 0.2) is 0 Å². The molecule has 0 atom stereocenters. The van der Waals surface area contributed by atoms with E-state index in [4.69, 9.17) is 4.74 Å². The first-order chi connectivity index (χ1) is 7.22. The van der Waals surface area contributed by atoms with E-state index in [2.05, 4.69) is 12.8 Å². The molecule has 0 aliphatic rings. The molecule has 0 saturated heterocycles. The third-order valence-electron chi connectivity index (χ3n) is 2.35. The minimum atomic E-state index is -0.0994. The fourth-order valence-electron chi connectivity index (χ4n) is 1.53. The molecule has 1 aromatic carbocycles. The first-order valence-corrected chi connectivity index (χ1v) is 5.04. The van der Waals surface area contributed by atoms with Crippen LogP contribution in [0, 0.1) is 0 Å². The maximum Gasteiger partial charge on any atom is 0.326 e. The Balaban J connectivity index is 2.43. The molecule has 2 rings (SSSR count). The lowest BCUT2D eigenvalue weighted by Crippen LogP contribution is -2.11. The summed E-state index contributed by atoms with van der Waals surface area (Å²) in [5.41, 5.74) is 1.61. The first kappa shape index (κ1) is 9.89. The standard InChI is InChI=1S/C10H13BN2O2/c1-13-9-3-2-7(15-5-4-11)6-8(9)12-10(13)14/h2-3,6H,4-5,11H2,1H3,(H,12,14). The van der Waals surface area contributed by atoms with Crippen molar-refractivity contribution in [3.63, 3.8) is 0 Å². The van der Waals surface area contributed by atoms with Gasteiger partial charge in [0.2, 0.25) is 0 Å². The quantitative estimate of drug-likeness (QED) is 0.730. The minimum absolute atomic E-state index is 0.0994. The van der Waals surface area contributed by atoms with Crippen molar-refractivity contribution in [3.05, 3.63) is 28.7 Å². The van der Waals surface area contributed by atoms with E-state index in [0.29, 0.717) is 6.61 Å². The number of nitrogens with zero attached hydrogens (tertiary/aromatic N) is 1. The lowest BCUT2D eigenvalue weighted by atomic mass is 10.1. The van der Waals surface area contributed by atoms with E-state index in [0.717, 1.165) is 23.1 Å². The highest BCUT2D eigenvalue weighted by Gasteiger charge is 2.03. The molecular weight excluding hydrogens is 191 g/mol. The molecule has 0 aliphatic heterocycles. The van der Waals surface area contributed by atoms with Crippen molar-refractivity contribution in [3.8, 4) is 5.75 Å². The fourth-order valence-corrected chi connectivity index (χ4v) is 1.53. The second kappa shape index (κ2) is 3.84. The number of aryl methyl sites for hydroxylation is 1. The molecule has 0 aliphatic carbocycles. The molecule has 0 fully saturated rings. The zero-order chi connectivity index (χ0) is 10.8. The van der Waals surface area contributed by atoms with Gasteiger partial charge in [-0.2, -0.15) is 0 Å². The van der Waals surface area contributed by atoms with E-state index in [1.54, 1.807) is 11.6 Å². The molecule has 2 aromatic rings. The van der Waals surface area contributed by atoms with Crippen LogP contribution in [-0.2, 0) is 7.05 Å². The molecule has 15 heavy (non-hydrogen) atoms. The van der Waals surface area contributed by atoms with Gasteiger partial charge in [0.25, 0.3) is 0 Å². The third kappa shape index (κ3) is 1.77. The summed E-state index contributed by atoms with van der Waals surface area (Å²) >= 11 is 0. The van der Waals surface area contributed by atoms with Gasteiger partial charge >= 0.3 is 5.69 Å². The highest BCUT2D eigenvalue weighted by Crippen LogP contribution is 2.17. The SMILES string of the molecule is BCCOc1ccc2c(c1)[nH]c(=O)n2C. The summed E-state index contributed by atoms with van der Waals surface area (Å²) < 4.78 is 7.06. The van der Waals surface area contributed by atoms with E-state index in [-0.39, 0.29) is 5.69 Å². The van der Waals surface area contributed by atoms with Gasteiger partial charge in [-0.1, -0.05) is 0 Å². The number of imidazole rings is 1. The second-order valence-corrected chi connectivity index (χ2v) is 3.52. The van der Waals surface area contributed by atoms with Crippen LogP contribution in [0.25, 0.3) is 11.0 Å². The molecule has 5 heteroatoms. The van der Waals surface area contributed by atoms with Crippen LogP contribution >= 0.6 is 0 Å². The predicted molar refractivity (Wildman–Crippen MR) is 62.4 cm³/mol. The molecular formula is C10H13BN2O2. The summed E-state index contributed by atoms with van der Waals surface area (Å²) in [5.74, 6) is 0.797. The van der Waals surface area contributed by atoms with Gasteiger partial charge in [-0.3, -0.25) is 4.57 Å². The smallest absolute Gasteiger partial charge is 0.326 e. The van der Waals surface area contributed by atoms with Gasteiger partial charge in [0.05, 0.1) is 17.6 Å². The van der Waals surface area contributed by atoms with Crippen LogP contribution < -0.4 is 10.4 Å². The molecule has 78 valence electrons. The van der Waals surface area contributed by atoms with Gasteiger partial charge in [0, 0.05) is 13.1 Å². The first-order valence-electron chi connectivity index (χ1n) is 5.04. The van der Waals surface area contributed by atoms with Crippen molar-refractivity contribution in [2.75, 3.05) is 6.61 Å². The van der Waals surface area contributed by atoms with Crippen molar-refractivity contribution in [2.45, 2.75) is 6.32 Å². The number of hydrogen-bond acceptors (Lipinski definition) is 2. The monoisotopic (exact) mass is 204 g/mol. The number of H-pyrrole nitrogens is 1. The van der Waals surface area contributed by atoms with Crippen LogP contribution in [0.1, 0.15) is 0 Å². The van der Waals surface area contributed by atoms with Crippen molar-refractivity contribution < 1.29 is 4.74 Å². The van der Waals surface area contributed by atoms with E-state index in [1.165, 1.54) is 0 Å². The summed E-state index contributed by atoms with van der Waals surface area (Å²) in [7, 11) is 3.80. The molecule has 0 radical (unpaired) electrons. The summed E-state index contributed by atoms with van der Waals surface area (Å²) in [4.78, 5) is 14.1. The Labute approximate surface area is 88.3 Å². The highest BCUT2D eigenvalue weighted by molar-refractivity contribution is 6.08. The number of aromatic nitrogens is 2. The van der Waals surface area contributed by atoms with Gasteiger partial charge in [-0.05, 0) is 18.5 Å². The lowest BCUT2D eigenvalue weighted by molar-refractivity contribution is 0.341. The summed E-state index contributed by atoms with van der Waals surface area (Å²) in [6, 6.07) is 5.62. The fraction of sp³-hybridized carbons (Fsp3) is 0.300. The van der Waals surface area contributed by atoms with Gasteiger partial charge < -0.3 is 9.72 Å². The number of nitrogens with one attached hydrogen (secondary N) is 1. The number of rotatable bonds is 3. The van der Waals surface area contributed by atoms with Crippen LogP contribution in [0.2, 0.25) is 6.32 Å². The van der Waals surface area contributed by atoms with Crippen LogP contribution in [0.4, 0.5) is 0 Å². The number of aromatic amines is 1. The van der Waals surface area contributed by atoms with Crippen LogP contribution in [0.5, 0.6) is 5.75 Å². The second-order valence-electron chi connectivity index (χ2n) is 3.52. The normalized spacial score (nSPS) is 10.7.